The second kappa shape index (κ2) is 8.85. The molecule has 128 valence electrons. The number of ether oxygens (including phenoxy) is 3. The lowest BCUT2D eigenvalue weighted by molar-refractivity contribution is -0.122. The summed E-state index contributed by atoms with van der Waals surface area (Å²) in [6, 6.07) is 4.63. The summed E-state index contributed by atoms with van der Waals surface area (Å²) >= 11 is 1.64. The molecule has 1 aliphatic heterocycles. The summed E-state index contributed by atoms with van der Waals surface area (Å²) in [4.78, 5) is 11.7. The van der Waals surface area contributed by atoms with E-state index in [1.165, 1.54) is 0 Å². The average molecular weight is 342 g/mol. The fourth-order valence-electron chi connectivity index (χ4n) is 1.94. The van der Waals surface area contributed by atoms with Crippen molar-refractivity contribution in [3.8, 4) is 17.2 Å². The minimum atomic E-state index is -0.822. The van der Waals surface area contributed by atoms with Crippen LogP contribution in [0.25, 0.3) is 0 Å². The highest BCUT2D eigenvalue weighted by Crippen LogP contribution is 2.35. The van der Waals surface area contributed by atoms with Gasteiger partial charge in [0.1, 0.15) is 18.5 Å². The van der Waals surface area contributed by atoms with Crippen LogP contribution in [0.4, 0.5) is 0 Å². The molecule has 1 aliphatic rings. The summed E-state index contributed by atoms with van der Waals surface area (Å²) < 4.78 is 15.9. The molecule has 0 saturated carbocycles. The molecular weight excluding hydrogens is 320 g/mol. The number of benzene rings is 1. The number of carbonyl (C=O) groups is 1. The van der Waals surface area contributed by atoms with Gasteiger partial charge in [0, 0.05) is 12.6 Å². The van der Waals surface area contributed by atoms with Gasteiger partial charge in [-0.1, -0.05) is 0 Å². The van der Waals surface area contributed by atoms with Gasteiger partial charge in [-0.3, -0.25) is 4.79 Å². The van der Waals surface area contributed by atoms with Crippen molar-refractivity contribution in [1.82, 2.24) is 5.32 Å². The van der Waals surface area contributed by atoms with Gasteiger partial charge in [-0.15, -0.1) is 0 Å². The molecule has 0 radical (unpaired) electrons. The van der Waals surface area contributed by atoms with E-state index < -0.39 is 12.1 Å². The number of rotatable bonds is 9. The van der Waals surface area contributed by atoms with Gasteiger partial charge < -0.3 is 30.4 Å². The van der Waals surface area contributed by atoms with Crippen LogP contribution in [0.5, 0.6) is 17.2 Å². The molecule has 0 saturated heterocycles. The van der Waals surface area contributed by atoms with E-state index in [1.807, 2.05) is 6.26 Å². The van der Waals surface area contributed by atoms with Gasteiger partial charge in [0.2, 0.25) is 12.7 Å². The largest absolute Gasteiger partial charge is 0.491 e. The van der Waals surface area contributed by atoms with Crippen LogP contribution in [0.15, 0.2) is 18.2 Å². The molecule has 4 N–H and O–H groups in total. The first-order valence-corrected chi connectivity index (χ1v) is 8.72. The Kier molecular flexibility index (Phi) is 6.82. The molecule has 0 bridgehead atoms. The van der Waals surface area contributed by atoms with E-state index in [-0.39, 0.29) is 25.9 Å². The van der Waals surface area contributed by atoms with Crippen LogP contribution in [0.1, 0.15) is 6.42 Å². The smallest absolute Gasteiger partial charge is 0.237 e. The molecule has 1 unspecified atom stereocenters. The summed E-state index contributed by atoms with van der Waals surface area (Å²) in [7, 11) is 0. The lowest BCUT2D eigenvalue weighted by atomic mass is 10.2. The Balaban J connectivity index is 1.68. The van der Waals surface area contributed by atoms with Crippen molar-refractivity contribution in [2.45, 2.75) is 18.6 Å². The van der Waals surface area contributed by atoms with Gasteiger partial charge >= 0.3 is 0 Å². The minimum absolute atomic E-state index is 0.0555. The normalized spacial score (nSPS) is 15.1. The number of aliphatic hydroxyl groups is 1. The fourth-order valence-corrected chi connectivity index (χ4v) is 2.43. The van der Waals surface area contributed by atoms with Gasteiger partial charge in [-0.2, -0.15) is 11.8 Å². The fraction of sp³-hybridized carbons (Fsp3) is 0.533. The first-order valence-electron chi connectivity index (χ1n) is 7.33. The van der Waals surface area contributed by atoms with E-state index in [0.717, 1.165) is 5.75 Å². The molecule has 0 fully saturated rings. The maximum absolute atomic E-state index is 11.7. The summed E-state index contributed by atoms with van der Waals surface area (Å²) in [5, 5.41) is 12.5. The molecule has 2 atom stereocenters. The molecule has 1 heterocycles. The second-order valence-electron chi connectivity index (χ2n) is 5.11. The number of hydrogen-bond donors (Lipinski definition) is 3. The molecular formula is C15H22N2O5S. The van der Waals surface area contributed by atoms with E-state index in [9.17, 15) is 9.90 Å². The van der Waals surface area contributed by atoms with E-state index in [2.05, 4.69) is 5.32 Å². The van der Waals surface area contributed by atoms with Crippen LogP contribution in [0.3, 0.4) is 0 Å². The Morgan fingerprint density at radius 1 is 1.48 bits per heavy atom. The van der Waals surface area contributed by atoms with Crippen molar-refractivity contribution in [2.75, 3.05) is 32.0 Å². The summed E-state index contributed by atoms with van der Waals surface area (Å²) in [6.07, 6.45) is 1.75. The zero-order valence-corrected chi connectivity index (χ0v) is 13.8. The van der Waals surface area contributed by atoms with Crippen molar-refractivity contribution in [2.24, 2.45) is 5.73 Å². The van der Waals surface area contributed by atoms with E-state index in [1.54, 1.807) is 30.0 Å². The molecule has 7 nitrogen and oxygen atoms in total. The van der Waals surface area contributed by atoms with Crippen LogP contribution in [-0.4, -0.2) is 55.1 Å². The molecule has 23 heavy (non-hydrogen) atoms. The van der Waals surface area contributed by atoms with Crippen LogP contribution in [0.2, 0.25) is 0 Å². The van der Waals surface area contributed by atoms with Gasteiger partial charge in [-0.25, -0.2) is 0 Å². The third-order valence-electron chi connectivity index (χ3n) is 3.27. The Morgan fingerprint density at radius 3 is 3.04 bits per heavy atom. The predicted molar refractivity (Wildman–Crippen MR) is 88.1 cm³/mol. The van der Waals surface area contributed by atoms with Crippen molar-refractivity contribution >= 4 is 17.7 Å². The number of nitrogens with two attached hydrogens (primary N) is 1. The number of nitrogens with one attached hydrogen (secondary N) is 1. The molecule has 1 amide bonds. The number of fused-ring (bicyclic) bond motifs is 1. The Labute approximate surface area is 139 Å². The lowest BCUT2D eigenvalue weighted by Crippen LogP contribution is -2.44. The molecule has 1 aromatic rings. The highest BCUT2D eigenvalue weighted by Gasteiger charge is 2.16. The van der Waals surface area contributed by atoms with Crippen LogP contribution in [-0.2, 0) is 4.79 Å². The lowest BCUT2D eigenvalue weighted by Gasteiger charge is -2.15. The van der Waals surface area contributed by atoms with E-state index in [0.29, 0.717) is 23.7 Å². The Morgan fingerprint density at radius 2 is 2.26 bits per heavy atom. The molecule has 8 heteroatoms. The number of hydrogen-bond acceptors (Lipinski definition) is 7. The zero-order chi connectivity index (χ0) is 16.7. The Bertz CT molecular complexity index is 529. The van der Waals surface area contributed by atoms with Crippen LogP contribution in [0, 0.1) is 0 Å². The van der Waals surface area contributed by atoms with Gasteiger partial charge in [0.15, 0.2) is 11.5 Å². The number of carbonyl (C=O) groups excluding carboxylic acids is 1. The topological polar surface area (TPSA) is 103 Å². The minimum Gasteiger partial charge on any atom is -0.491 e. The SMILES string of the molecule is CSCC[C@H](N)C(=O)NCC(O)COc1ccc2c(c1)OCO2. The maximum atomic E-state index is 11.7. The van der Waals surface area contributed by atoms with Crippen molar-refractivity contribution in [3.63, 3.8) is 0 Å². The summed E-state index contributed by atoms with van der Waals surface area (Å²) in [6.45, 7) is 0.348. The quantitative estimate of drug-likeness (QED) is 0.595. The van der Waals surface area contributed by atoms with Crippen LogP contribution < -0.4 is 25.3 Å². The van der Waals surface area contributed by atoms with E-state index >= 15 is 0 Å². The Hall–Kier alpha value is -1.64. The summed E-state index contributed by atoms with van der Waals surface area (Å²) in [5.74, 6) is 2.41. The molecule has 1 aromatic carbocycles. The number of thioether (sulfide) groups is 1. The van der Waals surface area contributed by atoms with Crippen molar-refractivity contribution < 1.29 is 24.1 Å². The zero-order valence-electron chi connectivity index (χ0n) is 13.0. The average Bonchev–Trinajstić information content (AvgIpc) is 3.03. The van der Waals surface area contributed by atoms with Gasteiger partial charge in [0.05, 0.1) is 6.04 Å². The van der Waals surface area contributed by atoms with Gasteiger partial charge in [0.25, 0.3) is 0 Å². The summed E-state index contributed by atoms with van der Waals surface area (Å²) in [5.41, 5.74) is 5.74. The number of aliphatic hydroxyl groups excluding tert-OH is 1. The van der Waals surface area contributed by atoms with Crippen LogP contribution >= 0.6 is 11.8 Å². The third kappa shape index (κ3) is 5.49. The first-order chi connectivity index (χ1) is 11.1. The molecule has 0 aliphatic carbocycles. The highest BCUT2D eigenvalue weighted by molar-refractivity contribution is 7.98. The maximum Gasteiger partial charge on any atom is 0.237 e. The molecule has 2 rings (SSSR count). The predicted octanol–water partition coefficient (Wildman–Crippen LogP) is 0.352. The highest BCUT2D eigenvalue weighted by atomic mass is 32.2. The first kappa shape index (κ1) is 17.7. The molecule has 0 aromatic heterocycles. The monoisotopic (exact) mass is 342 g/mol. The third-order valence-corrected chi connectivity index (χ3v) is 3.91. The van der Waals surface area contributed by atoms with Crippen molar-refractivity contribution in [3.05, 3.63) is 18.2 Å². The second-order valence-corrected chi connectivity index (χ2v) is 6.10. The standard InChI is InChI=1S/C15H22N2O5S/c1-23-5-4-12(16)15(19)17-7-10(18)8-20-11-2-3-13-14(6-11)22-9-21-13/h2-3,6,10,12,18H,4-5,7-9,16H2,1H3,(H,17,19)/t10?,12-/m0/s1. The van der Waals surface area contributed by atoms with Crippen molar-refractivity contribution in [1.29, 1.82) is 0 Å². The molecule has 0 spiro atoms. The number of amides is 1. The van der Waals surface area contributed by atoms with E-state index in [4.69, 9.17) is 19.9 Å². The van der Waals surface area contributed by atoms with Gasteiger partial charge in [-0.05, 0) is 30.6 Å².